The van der Waals surface area contributed by atoms with E-state index in [4.69, 9.17) is 11.6 Å². The van der Waals surface area contributed by atoms with Crippen LogP contribution in [0.15, 0.2) is 77.7 Å². The molecule has 1 N–H and O–H groups in total. The Morgan fingerprint density at radius 1 is 0.808 bits per heavy atom. The van der Waals surface area contributed by atoms with Crippen molar-refractivity contribution >= 4 is 32.3 Å². The molecule has 4 rings (SSSR count). The summed E-state index contributed by atoms with van der Waals surface area (Å²) >= 11 is 6.04. The second kappa shape index (κ2) is 6.31. The first-order valence-corrected chi connectivity index (χ1v) is 10.4. The molecule has 0 aliphatic heterocycles. The molecule has 0 aliphatic carbocycles. The maximum atomic E-state index is 11.7. The van der Waals surface area contributed by atoms with Gasteiger partial charge in [-0.15, -0.1) is 0 Å². The Morgan fingerprint density at radius 3 is 2.08 bits per heavy atom. The highest BCUT2D eigenvalue weighted by Crippen LogP contribution is 2.38. The second-order valence-corrected chi connectivity index (χ2v) is 8.68. The van der Waals surface area contributed by atoms with Gasteiger partial charge in [0.05, 0.1) is 10.6 Å². The molecule has 1 heterocycles. The zero-order chi connectivity index (χ0) is 18.3. The first-order valence-electron chi connectivity index (χ1n) is 8.10. The molecule has 0 unspecified atom stereocenters. The summed E-state index contributed by atoms with van der Waals surface area (Å²) in [7, 11) is -3.22. The van der Waals surface area contributed by atoms with Crippen LogP contribution in [0.1, 0.15) is 0 Å². The molecule has 0 saturated heterocycles. The van der Waals surface area contributed by atoms with Gasteiger partial charge in [-0.3, -0.25) is 0 Å². The van der Waals surface area contributed by atoms with Crippen molar-refractivity contribution in [2.24, 2.45) is 0 Å². The van der Waals surface area contributed by atoms with Gasteiger partial charge in [0, 0.05) is 27.7 Å². The van der Waals surface area contributed by atoms with Gasteiger partial charge in [0.2, 0.25) is 0 Å². The second-order valence-electron chi connectivity index (χ2n) is 6.22. The third-order valence-electron chi connectivity index (χ3n) is 4.41. The molecule has 0 radical (unpaired) electrons. The highest BCUT2D eigenvalue weighted by atomic mass is 35.5. The summed E-state index contributed by atoms with van der Waals surface area (Å²) < 4.78 is 23.4. The Kier molecular flexibility index (Phi) is 4.10. The van der Waals surface area contributed by atoms with Gasteiger partial charge in [-0.25, -0.2) is 8.42 Å². The average Bonchev–Trinajstić information content (AvgIpc) is 3.01. The lowest BCUT2D eigenvalue weighted by Gasteiger charge is -2.07. The van der Waals surface area contributed by atoms with Crippen LogP contribution in [0.5, 0.6) is 0 Å². The summed E-state index contributed by atoms with van der Waals surface area (Å²) in [5.74, 6) is 0. The number of benzene rings is 3. The molecule has 0 aliphatic rings. The lowest BCUT2D eigenvalue weighted by molar-refractivity contribution is 0.602. The van der Waals surface area contributed by atoms with Crippen molar-refractivity contribution in [3.05, 3.63) is 77.8 Å². The van der Waals surface area contributed by atoms with E-state index in [0.29, 0.717) is 9.92 Å². The SMILES string of the molecule is CS(=O)(=O)c1ccc(-c2[nH]c3ccccc3c2-c2ccc(Cl)cc2)cc1. The first kappa shape index (κ1) is 16.9. The van der Waals surface area contributed by atoms with Crippen LogP contribution in [0.2, 0.25) is 5.02 Å². The molecule has 130 valence electrons. The summed E-state index contributed by atoms with van der Waals surface area (Å²) in [5.41, 5.74) is 5.03. The van der Waals surface area contributed by atoms with Crippen LogP contribution in [-0.4, -0.2) is 19.7 Å². The van der Waals surface area contributed by atoms with E-state index < -0.39 is 9.84 Å². The van der Waals surface area contributed by atoms with Crippen LogP contribution in [-0.2, 0) is 9.84 Å². The monoisotopic (exact) mass is 381 g/mol. The van der Waals surface area contributed by atoms with Crippen LogP contribution in [0.3, 0.4) is 0 Å². The molecule has 3 aromatic carbocycles. The largest absolute Gasteiger partial charge is 0.354 e. The van der Waals surface area contributed by atoms with Crippen molar-refractivity contribution in [2.75, 3.05) is 6.26 Å². The molecule has 0 atom stereocenters. The average molecular weight is 382 g/mol. The van der Waals surface area contributed by atoms with Gasteiger partial charge < -0.3 is 4.98 Å². The van der Waals surface area contributed by atoms with E-state index in [1.165, 1.54) is 6.26 Å². The fourth-order valence-electron chi connectivity index (χ4n) is 3.14. The molecule has 26 heavy (non-hydrogen) atoms. The lowest BCUT2D eigenvalue weighted by Crippen LogP contribution is -1.96. The normalized spacial score (nSPS) is 11.8. The van der Waals surface area contributed by atoms with Crippen molar-refractivity contribution in [1.29, 1.82) is 0 Å². The van der Waals surface area contributed by atoms with Crippen molar-refractivity contribution in [2.45, 2.75) is 4.90 Å². The number of para-hydroxylation sites is 1. The fraction of sp³-hybridized carbons (Fsp3) is 0.0476. The van der Waals surface area contributed by atoms with Crippen LogP contribution < -0.4 is 0 Å². The minimum atomic E-state index is -3.22. The van der Waals surface area contributed by atoms with Crippen molar-refractivity contribution in [1.82, 2.24) is 4.98 Å². The molecule has 0 fully saturated rings. The highest BCUT2D eigenvalue weighted by molar-refractivity contribution is 7.90. The van der Waals surface area contributed by atoms with Crippen molar-refractivity contribution < 1.29 is 8.42 Å². The van der Waals surface area contributed by atoms with Crippen LogP contribution >= 0.6 is 11.6 Å². The number of aromatic amines is 1. The summed E-state index contributed by atoms with van der Waals surface area (Å²) in [4.78, 5) is 3.78. The molecule has 4 aromatic rings. The van der Waals surface area contributed by atoms with Gasteiger partial charge in [0.25, 0.3) is 0 Å². The van der Waals surface area contributed by atoms with Gasteiger partial charge in [0.15, 0.2) is 9.84 Å². The summed E-state index contributed by atoms with van der Waals surface area (Å²) in [6.45, 7) is 0. The van der Waals surface area contributed by atoms with E-state index in [1.54, 1.807) is 12.1 Å². The molecule has 0 amide bonds. The van der Waals surface area contributed by atoms with Gasteiger partial charge in [-0.2, -0.15) is 0 Å². The Hall–Kier alpha value is -2.56. The number of aromatic nitrogens is 1. The number of H-pyrrole nitrogens is 1. The summed E-state index contributed by atoms with van der Waals surface area (Å²) in [6, 6.07) is 22.8. The number of hydrogen-bond acceptors (Lipinski definition) is 2. The van der Waals surface area contributed by atoms with Gasteiger partial charge >= 0.3 is 0 Å². The topological polar surface area (TPSA) is 49.9 Å². The first-order chi connectivity index (χ1) is 12.4. The molecule has 5 heteroatoms. The van der Waals surface area contributed by atoms with E-state index in [2.05, 4.69) is 11.1 Å². The summed E-state index contributed by atoms with van der Waals surface area (Å²) in [6.07, 6.45) is 1.21. The smallest absolute Gasteiger partial charge is 0.175 e. The van der Waals surface area contributed by atoms with Gasteiger partial charge in [0.1, 0.15) is 0 Å². The van der Waals surface area contributed by atoms with E-state index >= 15 is 0 Å². The number of sulfone groups is 1. The number of fused-ring (bicyclic) bond motifs is 1. The Balaban J connectivity index is 1.95. The van der Waals surface area contributed by atoms with E-state index in [-0.39, 0.29) is 0 Å². The van der Waals surface area contributed by atoms with Crippen molar-refractivity contribution in [3.8, 4) is 22.4 Å². The number of hydrogen-bond donors (Lipinski definition) is 1. The van der Waals surface area contributed by atoms with Crippen LogP contribution in [0.4, 0.5) is 0 Å². The van der Waals surface area contributed by atoms with E-state index in [0.717, 1.165) is 33.3 Å². The maximum Gasteiger partial charge on any atom is 0.175 e. The Morgan fingerprint density at radius 2 is 1.42 bits per heavy atom. The molecular weight excluding hydrogens is 366 g/mol. The lowest BCUT2D eigenvalue weighted by atomic mass is 9.98. The third-order valence-corrected chi connectivity index (χ3v) is 5.79. The summed E-state index contributed by atoms with van der Waals surface area (Å²) in [5, 5.41) is 1.80. The molecule has 3 nitrogen and oxygen atoms in total. The third kappa shape index (κ3) is 3.02. The molecular formula is C21H16ClNO2S. The fourth-order valence-corrected chi connectivity index (χ4v) is 3.90. The number of nitrogens with one attached hydrogen (secondary N) is 1. The quantitative estimate of drug-likeness (QED) is 0.505. The molecule has 1 aromatic heterocycles. The Labute approximate surface area is 157 Å². The van der Waals surface area contributed by atoms with Crippen molar-refractivity contribution in [3.63, 3.8) is 0 Å². The predicted molar refractivity (Wildman–Crippen MR) is 107 cm³/mol. The maximum absolute atomic E-state index is 11.7. The van der Waals surface area contributed by atoms with Crippen LogP contribution in [0.25, 0.3) is 33.3 Å². The Bertz CT molecular complexity index is 1190. The number of halogens is 1. The molecule has 0 saturated carbocycles. The standard InChI is InChI=1S/C21H16ClNO2S/c1-26(24,25)17-12-8-15(9-13-17)21-20(14-6-10-16(22)11-7-14)18-4-2-3-5-19(18)23-21/h2-13,23H,1H3. The zero-order valence-corrected chi connectivity index (χ0v) is 15.6. The highest BCUT2D eigenvalue weighted by Gasteiger charge is 2.15. The minimum absolute atomic E-state index is 0.311. The molecule has 0 spiro atoms. The van der Waals surface area contributed by atoms with Crippen LogP contribution in [0, 0.1) is 0 Å². The zero-order valence-electron chi connectivity index (χ0n) is 14.0. The van der Waals surface area contributed by atoms with E-state index in [9.17, 15) is 8.42 Å². The minimum Gasteiger partial charge on any atom is -0.354 e. The van der Waals surface area contributed by atoms with Gasteiger partial charge in [-0.05, 0) is 41.5 Å². The van der Waals surface area contributed by atoms with Gasteiger partial charge in [-0.1, -0.05) is 54.1 Å². The number of rotatable bonds is 3. The van der Waals surface area contributed by atoms with E-state index in [1.807, 2.05) is 54.6 Å². The predicted octanol–water partition coefficient (Wildman–Crippen LogP) is 5.56. The molecule has 0 bridgehead atoms.